The van der Waals surface area contributed by atoms with E-state index in [2.05, 4.69) is 20.9 Å². The molecule has 2 nitrogen and oxygen atoms in total. The Morgan fingerprint density at radius 3 is 2.93 bits per heavy atom. The van der Waals surface area contributed by atoms with Gasteiger partial charge in [0.2, 0.25) is 0 Å². The number of aliphatic hydroxyl groups is 1. The number of aromatic nitrogens is 1. The second-order valence-electron chi connectivity index (χ2n) is 3.45. The van der Waals surface area contributed by atoms with E-state index >= 15 is 0 Å². The van der Waals surface area contributed by atoms with Crippen LogP contribution in [0.5, 0.6) is 0 Å². The maximum Gasteiger partial charge on any atom is 0.0602 e. The summed E-state index contributed by atoms with van der Waals surface area (Å²) in [7, 11) is 0. The van der Waals surface area contributed by atoms with Crippen LogP contribution in [0.4, 0.5) is 0 Å². The molecule has 0 radical (unpaired) electrons. The van der Waals surface area contributed by atoms with Crippen molar-refractivity contribution in [2.24, 2.45) is 0 Å². The van der Waals surface area contributed by atoms with Gasteiger partial charge in [-0.2, -0.15) is 0 Å². The first-order valence-corrected chi connectivity index (χ1v) is 5.95. The van der Waals surface area contributed by atoms with Gasteiger partial charge in [0.05, 0.1) is 5.52 Å². The fraction of sp³-hybridized carbons (Fsp3) is 0.273. The van der Waals surface area contributed by atoms with Crippen molar-refractivity contribution in [3.8, 4) is 0 Å². The van der Waals surface area contributed by atoms with Crippen LogP contribution in [-0.2, 0) is 6.42 Å². The number of aromatic amines is 1. The van der Waals surface area contributed by atoms with Gasteiger partial charge in [-0.15, -0.1) is 0 Å². The van der Waals surface area contributed by atoms with Crippen LogP contribution in [0, 0.1) is 0 Å². The lowest BCUT2D eigenvalue weighted by atomic mass is 10.1. The molecule has 80 valence electrons. The summed E-state index contributed by atoms with van der Waals surface area (Å²) in [6, 6.07) is 3.82. The van der Waals surface area contributed by atoms with Crippen LogP contribution >= 0.6 is 27.5 Å². The minimum Gasteiger partial charge on any atom is -0.396 e. The van der Waals surface area contributed by atoms with Gasteiger partial charge in [-0.05, 0) is 46.5 Å². The quantitative estimate of drug-likeness (QED) is 0.891. The van der Waals surface area contributed by atoms with Gasteiger partial charge in [-0.25, -0.2) is 0 Å². The van der Waals surface area contributed by atoms with Crippen LogP contribution < -0.4 is 0 Å². The van der Waals surface area contributed by atoms with Gasteiger partial charge >= 0.3 is 0 Å². The van der Waals surface area contributed by atoms with Crippen molar-refractivity contribution in [2.75, 3.05) is 6.61 Å². The Morgan fingerprint density at radius 1 is 1.40 bits per heavy atom. The number of rotatable bonds is 3. The summed E-state index contributed by atoms with van der Waals surface area (Å²) in [4.78, 5) is 3.21. The zero-order valence-electron chi connectivity index (χ0n) is 8.06. The first-order chi connectivity index (χ1) is 7.22. The van der Waals surface area contributed by atoms with Gasteiger partial charge in [0, 0.05) is 27.7 Å². The van der Waals surface area contributed by atoms with Crippen LogP contribution in [0.15, 0.2) is 22.8 Å². The van der Waals surface area contributed by atoms with Crippen LogP contribution in [-0.4, -0.2) is 16.7 Å². The summed E-state index contributed by atoms with van der Waals surface area (Å²) in [5.74, 6) is 0. The first-order valence-electron chi connectivity index (χ1n) is 4.78. The zero-order chi connectivity index (χ0) is 10.8. The molecule has 0 amide bonds. The molecule has 0 spiro atoms. The third-order valence-corrected chi connectivity index (χ3v) is 3.24. The van der Waals surface area contributed by atoms with Crippen molar-refractivity contribution in [3.05, 3.63) is 33.4 Å². The topological polar surface area (TPSA) is 36.0 Å². The van der Waals surface area contributed by atoms with Crippen LogP contribution in [0.1, 0.15) is 12.0 Å². The summed E-state index contributed by atoms with van der Waals surface area (Å²) < 4.78 is 0.972. The molecule has 2 rings (SSSR count). The van der Waals surface area contributed by atoms with Crippen molar-refractivity contribution >= 4 is 38.4 Å². The molecular weight excluding hydrogens is 277 g/mol. The molecule has 0 bridgehead atoms. The summed E-state index contributed by atoms with van der Waals surface area (Å²) in [6.45, 7) is 0.217. The van der Waals surface area contributed by atoms with E-state index in [1.54, 1.807) is 0 Å². The molecule has 0 saturated heterocycles. The Balaban J connectivity index is 2.49. The van der Waals surface area contributed by atoms with E-state index < -0.39 is 0 Å². The fourth-order valence-electron chi connectivity index (χ4n) is 1.69. The predicted molar refractivity (Wildman–Crippen MR) is 66.4 cm³/mol. The number of hydrogen-bond donors (Lipinski definition) is 2. The lowest BCUT2D eigenvalue weighted by Crippen LogP contribution is -1.87. The first kappa shape index (κ1) is 11.0. The normalized spacial score (nSPS) is 11.1. The van der Waals surface area contributed by atoms with Crippen molar-refractivity contribution in [1.29, 1.82) is 0 Å². The second-order valence-corrected chi connectivity index (χ2v) is 4.74. The van der Waals surface area contributed by atoms with Gasteiger partial charge < -0.3 is 10.1 Å². The largest absolute Gasteiger partial charge is 0.396 e. The maximum atomic E-state index is 8.80. The SMILES string of the molecule is OCCCc1c[nH]c2c(Br)cc(Cl)cc12. The lowest BCUT2D eigenvalue weighted by Gasteiger charge is -1.99. The average molecular weight is 289 g/mol. The molecule has 0 saturated carbocycles. The highest BCUT2D eigenvalue weighted by Gasteiger charge is 2.07. The molecule has 1 heterocycles. The van der Waals surface area contributed by atoms with Crippen LogP contribution in [0.25, 0.3) is 10.9 Å². The van der Waals surface area contributed by atoms with E-state index in [9.17, 15) is 0 Å². The predicted octanol–water partition coefficient (Wildman–Crippen LogP) is 3.51. The third kappa shape index (κ3) is 2.19. The number of benzene rings is 1. The summed E-state index contributed by atoms with van der Waals surface area (Å²) in [6.07, 6.45) is 3.61. The molecule has 1 aromatic heterocycles. The molecule has 0 aliphatic carbocycles. The number of halogens is 2. The van der Waals surface area contributed by atoms with Crippen LogP contribution in [0.3, 0.4) is 0 Å². The van der Waals surface area contributed by atoms with Gasteiger partial charge in [0.1, 0.15) is 0 Å². The fourth-order valence-corrected chi connectivity index (χ4v) is 2.61. The van der Waals surface area contributed by atoms with E-state index in [1.807, 2.05) is 18.3 Å². The highest BCUT2D eigenvalue weighted by Crippen LogP contribution is 2.30. The third-order valence-electron chi connectivity index (χ3n) is 2.40. The standard InChI is InChI=1S/C11H11BrClNO/c12-10-5-8(13)4-9-7(2-1-3-15)6-14-11(9)10/h4-6,14-15H,1-3H2. The molecule has 2 aromatic rings. The zero-order valence-corrected chi connectivity index (χ0v) is 10.4. The van der Waals surface area contributed by atoms with Crippen molar-refractivity contribution in [1.82, 2.24) is 4.98 Å². The highest BCUT2D eigenvalue weighted by molar-refractivity contribution is 9.10. The van der Waals surface area contributed by atoms with E-state index in [4.69, 9.17) is 16.7 Å². The summed E-state index contributed by atoms with van der Waals surface area (Å²) in [5.41, 5.74) is 2.26. The molecule has 1 aromatic carbocycles. The Morgan fingerprint density at radius 2 is 2.20 bits per heavy atom. The Hall–Kier alpha value is -0.510. The number of hydrogen-bond acceptors (Lipinski definition) is 1. The maximum absolute atomic E-state index is 8.80. The Labute approximate surface area is 101 Å². The second kappa shape index (κ2) is 4.56. The van der Waals surface area contributed by atoms with Gasteiger partial charge in [0.15, 0.2) is 0 Å². The molecule has 0 fully saturated rings. The number of aliphatic hydroxyl groups excluding tert-OH is 1. The minimum absolute atomic E-state index is 0.217. The van der Waals surface area contributed by atoms with E-state index in [-0.39, 0.29) is 6.61 Å². The molecular formula is C11H11BrClNO. The number of fused-ring (bicyclic) bond motifs is 1. The van der Waals surface area contributed by atoms with E-state index in [0.29, 0.717) is 0 Å². The number of H-pyrrole nitrogens is 1. The highest BCUT2D eigenvalue weighted by atomic mass is 79.9. The van der Waals surface area contributed by atoms with Gasteiger partial charge in [0.25, 0.3) is 0 Å². The average Bonchev–Trinajstić information content (AvgIpc) is 2.58. The molecule has 0 atom stereocenters. The molecule has 15 heavy (non-hydrogen) atoms. The van der Waals surface area contributed by atoms with Crippen LogP contribution in [0.2, 0.25) is 5.02 Å². The monoisotopic (exact) mass is 287 g/mol. The molecule has 4 heteroatoms. The summed E-state index contributed by atoms with van der Waals surface area (Å²) >= 11 is 9.46. The lowest BCUT2D eigenvalue weighted by molar-refractivity contribution is 0.289. The minimum atomic E-state index is 0.217. The molecule has 2 N–H and O–H groups in total. The van der Waals surface area contributed by atoms with E-state index in [0.717, 1.165) is 33.2 Å². The van der Waals surface area contributed by atoms with Gasteiger partial charge in [-0.1, -0.05) is 11.6 Å². The van der Waals surface area contributed by atoms with Gasteiger partial charge in [-0.3, -0.25) is 0 Å². The Kier molecular flexibility index (Phi) is 3.34. The van der Waals surface area contributed by atoms with Crippen molar-refractivity contribution in [2.45, 2.75) is 12.8 Å². The number of aryl methyl sites for hydroxylation is 1. The molecule has 0 unspecified atom stereocenters. The van der Waals surface area contributed by atoms with Crippen molar-refractivity contribution in [3.63, 3.8) is 0 Å². The smallest absolute Gasteiger partial charge is 0.0602 e. The number of nitrogens with one attached hydrogen (secondary N) is 1. The summed E-state index contributed by atoms with van der Waals surface area (Å²) in [5, 5.41) is 10.6. The van der Waals surface area contributed by atoms with E-state index in [1.165, 1.54) is 5.56 Å². The molecule has 0 aliphatic heterocycles. The Bertz CT molecular complexity index is 481. The van der Waals surface area contributed by atoms with Crippen molar-refractivity contribution < 1.29 is 5.11 Å². The molecule has 0 aliphatic rings.